The van der Waals surface area contributed by atoms with Crippen LogP contribution in [-0.4, -0.2) is 43.8 Å². The highest BCUT2D eigenvalue weighted by Crippen LogP contribution is 2.19. The molecule has 1 aromatic carbocycles. The van der Waals surface area contributed by atoms with Crippen LogP contribution in [0.5, 0.6) is 5.88 Å². The van der Waals surface area contributed by atoms with Gasteiger partial charge in [-0.05, 0) is 30.3 Å². The Bertz CT molecular complexity index is 625. The lowest BCUT2D eigenvalue weighted by atomic mass is 10.2. The van der Waals surface area contributed by atoms with E-state index < -0.39 is 0 Å². The molecular formula is C17H19N3O3. The third-order valence-electron chi connectivity index (χ3n) is 3.52. The molecule has 23 heavy (non-hydrogen) atoms. The average molecular weight is 313 g/mol. The molecule has 1 aliphatic rings. The molecule has 1 saturated heterocycles. The molecule has 3 rings (SSSR count). The van der Waals surface area contributed by atoms with Gasteiger partial charge in [0, 0.05) is 36.7 Å². The maximum atomic E-state index is 11.9. The minimum Gasteiger partial charge on any atom is -0.468 e. The molecule has 1 amide bonds. The number of morpholine rings is 1. The van der Waals surface area contributed by atoms with Crippen LogP contribution >= 0.6 is 0 Å². The van der Waals surface area contributed by atoms with Gasteiger partial charge < -0.3 is 19.7 Å². The number of carbonyl (C=O) groups excluding carboxylic acids is 1. The predicted octanol–water partition coefficient (Wildman–Crippen LogP) is 1.94. The number of hydrogen-bond donors (Lipinski definition) is 1. The van der Waals surface area contributed by atoms with Crippen molar-refractivity contribution in [3.63, 3.8) is 0 Å². The standard InChI is InChI=1S/C17H19N3O3/c21-16(13-23-17-3-1-2-8-18-17)19-14-4-6-15(7-5-14)20-9-11-22-12-10-20/h1-8H,9-13H2,(H,19,21). The van der Waals surface area contributed by atoms with Crippen molar-refractivity contribution in [1.82, 2.24) is 4.98 Å². The highest BCUT2D eigenvalue weighted by atomic mass is 16.5. The van der Waals surface area contributed by atoms with Crippen LogP contribution in [0.25, 0.3) is 0 Å². The molecule has 1 N–H and O–H groups in total. The molecule has 1 fully saturated rings. The molecule has 120 valence electrons. The molecule has 0 unspecified atom stereocenters. The second-order valence-electron chi connectivity index (χ2n) is 5.15. The quantitative estimate of drug-likeness (QED) is 0.914. The molecule has 0 atom stereocenters. The number of rotatable bonds is 5. The van der Waals surface area contributed by atoms with Crippen LogP contribution < -0.4 is 15.0 Å². The third-order valence-corrected chi connectivity index (χ3v) is 3.52. The molecule has 6 heteroatoms. The average Bonchev–Trinajstić information content (AvgIpc) is 2.62. The zero-order valence-electron chi connectivity index (χ0n) is 12.8. The highest BCUT2D eigenvalue weighted by molar-refractivity contribution is 5.92. The molecule has 0 bridgehead atoms. The predicted molar refractivity (Wildman–Crippen MR) is 87.8 cm³/mol. The van der Waals surface area contributed by atoms with Crippen LogP contribution in [0.4, 0.5) is 11.4 Å². The van der Waals surface area contributed by atoms with E-state index in [-0.39, 0.29) is 12.5 Å². The van der Waals surface area contributed by atoms with Gasteiger partial charge in [0.2, 0.25) is 5.88 Å². The number of aromatic nitrogens is 1. The summed E-state index contributed by atoms with van der Waals surface area (Å²) >= 11 is 0. The number of carbonyl (C=O) groups is 1. The monoisotopic (exact) mass is 313 g/mol. The van der Waals surface area contributed by atoms with Crippen LogP contribution in [0.3, 0.4) is 0 Å². The first kappa shape index (κ1) is 15.3. The fraction of sp³-hybridized carbons (Fsp3) is 0.294. The van der Waals surface area contributed by atoms with Crippen molar-refractivity contribution >= 4 is 17.3 Å². The lowest BCUT2D eigenvalue weighted by molar-refractivity contribution is -0.118. The fourth-order valence-corrected chi connectivity index (χ4v) is 2.35. The molecular weight excluding hydrogens is 294 g/mol. The Morgan fingerprint density at radius 1 is 1.17 bits per heavy atom. The molecule has 1 aromatic heterocycles. The van der Waals surface area contributed by atoms with Gasteiger partial charge in [0.15, 0.2) is 6.61 Å². The molecule has 2 aromatic rings. The molecule has 0 aliphatic carbocycles. The minimum atomic E-state index is -0.213. The van der Waals surface area contributed by atoms with E-state index in [1.54, 1.807) is 18.3 Å². The largest absolute Gasteiger partial charge is 0.468 e. The fourth-order valence-electron chi connectivity index (χ4n) is 2.35. The normalized spacial score (nSPS) is 14.3. The van der Waals surface area contributed by atoms with Crippen molar-refractivity contribution in [2.75, 3.05) is 43.1 Å². The van der Waals surface area contributed by atoms with E-state index in [0.29, 0.717) is 5.88 Å². The van der Waals surface area contributed by atoms with E-state index in [1.807, 2.05) is 30.3 Å². The second-order valence-corrected chi connectivity index (χ2v) is 5.15. The zero-order chi connectivity index (χ0) is 15.9. The molecule has 2 heterocycles. The van der Waals surface area contributed by atoms with Crippen molar-refractivity contribution in [2.24, 2.45) is 0 Å². The van der Waals surface area contributed by atoms with Crippen molar-refractivity contribution in [2.45, 2.75) is 0 Å². The van der Waals surface area contributed by atoms with E-state index in [2.05, 4.69) is 15.2 Å². The molecule has 0 spiro atoms. The SMILES string of the molecule is O=C(COc1ccccn1)Nc1ccc(N2CCOCC2)cc1. The van der Waals surface area contributed by atoms with E-state index >= 15 is 0 Å². The minimum absolute atomic E-state index is 0.0672. The molecule has 0 radical (unpaired) electrons. The van der Waals surface area contributed by atoms with E-state index in [4.69, 9.17) is 9.47 Å². The molecule has 6 nitrogen and oxygen atoms in total. The van der Waals surface area contributed by atoms with Gasteiger partial charge >= 0.3 is 0 Å². The van der Waals surface area contributed by atoms with Crippen LogP contribution in [0.15, 0.2) is 48.7 Å². The lowest BCUT2D eigenvalue weighted by Gasteiger charge is -2.28. The van der Waals surface area contributed by atoms with Gasteiger partial charge in [-0.3, -0.25) is 4.79 Å². The van der Waals surface area contributed by atoms with Crippen LogP contribution in [0.1, 0.15) is 0 Å². The van der Waals surface area contributed by atoms with Crippen LogP contribution in [0.2, 0.25) is 0 Å². The number of hydrogen-bond acceptors (Lipinski definition) is 5. The molecule has 0 saturated carbocycles. The van der Waals surface area contributed by atoms with Gasteiger partial charge in [0.25, 0.3) is 5.91 Å². The van der Waals surface area contributed by atoms with Crippen molar-refractivity contribution in [3.8, 4) is 5.88 Å². The topological polar surface area (TPSA) is 63.7 Å². The van der Waals surface area contributed by atoms with Gasteiger partial charge in [-0.15, -0.1) is 0 Å². The summed E-state index contributed by atoms with van der Waals surface area (Å²) in [6.07, 6.45) is 1.62. The van der Waals surface area contributed by atoms with E-state index in [9.17, 15) is 4.79 Å². The first-order valence-corrected chi connectivity index (χ1v) is 7.58. The Balaban J connectivity index is 1.50. The van der Waals surface area contributed by atoms with E-state index in [1.165, 1.54) is 0 Å². The van der Waals surface area contributed by atoms with Crippen LogP contribution in [0, 0.1) is 0 Å². The van der Waals surface area contributed by atoms with Crippen molar-refractivity contribution < 1.29 is 14.3 Å². The summed E-state index contributed by atoms with van der Waals surface area (Å²) in [6.45, 7) is 3.22. The van der Waals surface area contributed by atoms with Crippen molar-refractivity contribution in [3.05, 3.63) is 48.7 Å². The Morgan fingerprint density at radius 3 is 2.65 bits per heavy atom. The number of pyridine rings is 1. The summed E-state index contributed by atoms with van der Waals surface area (Å²) in [4.78, 5) is 18.1. The van der Waals surface area contributed by atoms with E-state index in [0.717, 1.165) is 37.7 Å². The van der Waals surface area contributed by atoms with Gasteiger partial charge in [0.1, 0.15) is 0 Å². The number of nitrogens with one attached hydrogen (secondary N) is 1. The Kier molecular flexibility index (Phi) is 5.06. The third kappa shape index (κ3) is 4.43. The summed E-state index contributed by atoms with van der Waals surface area (Å²) in [5, 5.41) is 2.81. The number of ether oxygens (including phenoxy) is 2. The van der Waals surface area contributed by atoms with Crippen molar-refractivity contribution in [1.29, 1.82) is 0 Å². The summed E-state index contributed by atoms with van der Waals surface area (Å²) in [5.41, 5.74) is 1.88. The Hall–Kier alpha value is -2.60. The number of benzene rings is 1. The summed E-state index contributed by atoms with van der Waals surface area (Å²) < 4.78 is 10.7. The number of nitrogens with zero attached hydrogens (tertiary/aromatic N) is 2. The lowest BCUT2D eigenvalue weighted by Crippen LogP contribution is -2.36. The Morgan fingerprint density at radius 2 is 1.96 bits per heavy atom. The van der Waals surface area contributed by atoms with Gasteiger partial charge in [-0.1, -0.05) is 6.07 Å². The maximum Gasteiger partial charge on any atom is 0.262 e. The summed E-state index contributed by atoms with van der Waals surface area (Å²) in [5.74, 6) is 0.222. The second kappa shape index (κ2) is 7.60. The number of anilines is 2. The molecule has 1 aliphatic heterocycles. The van der Waals surface area contributed by atoms with Gasteiger partial charge in [0.05, 0.1) is 13.2 Å². The van der Waals surface area contributed by atoms with Gasteiger partial charge in [-0.2, -0.15) is 0 Å². The first-order chi connectivity index (χ1) is 11.3. The first-order valence-electron chi connectivity index (χ1n) is 7.58. The highest BCUT2D eigenvalue weighted by Gasteiger charge is 2.11. The maximum absolute atomic E-state index is 11.9. The van der Waals surface area contributed by atoms with Crippen LogP contribution in [-0.2, 0) is 9.53 Å². The van der Waals surface area contributed by atoms with Gasteiger partial charge in [-0.25, -0.2) is 4.98 Å². The summed E-state index contributed by atoms with van der Waals surface area (Å²) in [7, 11) is 0. The number of amides is 1. The zero-order valence-corrected chi connectivity index (χ0v) is 12.8. The summed E-state index contributed by atoms with van der Waals surface area (Å²) in [6, 6.07) is 13.1. The smallest absolute Gasteiger partial charge is 0.262 e. The Labute approximate surface area is 135 Å².